The second kappa shape index (κ2) is 8.15. The summed E-state index contributed by atoms with van der Waals surface area (Å²) in [6.45, 7) is 0. The highest BCUT2D eigenvalue weighted by Gasteiger charge is 2.42. The third-order valence-corrected chi connectivity index (χ3v) is 6.82. The Bertz CT molecular complexity index is 1630. The number of carbonyl (C=O) groups is 2. The van der Waals surface area contributed by atoms with Crippen molar-refractivity contribution in [3.05, 3.63) is 107 Å². The van der Waals surface area contributed by atoms with Crippen LogP contribution < -0.4 is 16.6 Å². The zero-order valence-electron chi connectivity index (χ0n) is 19.2. The van der Waals surface area contributed by atoms with Crippen molar-refractivity contribution in [3.63, 3.8) is 0 Å². The van der Waals surface area contributed by atoms with Crippen molar-refractivity contribution in [2.24, 2.45) is 14.1 Å². The highest BCUT2D eigenvalue weighted by Crippen LogP contribution is 2.41. The average molecular weight is 488 g/mol. The fraction of sp³-hybridized carbons (Fsp3) is 0.200. The van der Waals surface area contributed by atoms with Gasteiger partial charge in [-0.05, 0) is 12.0 Å². The maximum atomic E-state index is 13.2. The number of nitro groups is 1. The van der Waals surface area contributed by atoms with E-state index in [-0.39, 0.29) is 45.9 Å². The molecule has 0 bridgehead atoms. The molecule has 5 rings (SSSR count). The molecule has 0 saturated heterocycles. The molecule has 11 nitrogen and oxygen atoms in total. The highest BCUT2D eigenvalue weighted by molar-refractivity contribution is 6.52. The predicted molar refractivity (Wildman–Crippen MR) is 129 cm³/mol. The van der Waals surface area contributed by atoms with Crippen molar-refractivity contribution in [3.8, 4) is 0 Å². The number of rotatable bonds is 3. The summed E-state index contributed by atoms with van der Waals surface area (Å²) in [7, 11) is 2.80. The van der Waals surface area contributed by atoms with Crippen LogP contribution in [0.15, 0.2) is 63.7 Å². The van der Waals surface area contributed by atoms with Gasteiger partial charge in [0.25, 0.3) is 11.2 Å². The molecule has 11 heteroatoms. The molecule has 1 aromatic heterocycles. The number of hydrogen-bond acceptors (Lipinski definition) is 8. The molecule has 2 atom stereocenters. The first kappa shape index (κ1) is 23.0. The van der Waals surface area contributed by atoms with Crippen molar-refractivity contribution in [1.29, 1.82) is 0 Å². The number of aliphatic hydroxyl groups is 1. The molecule has 2 unspecified atom stereocenters. The smallest absolute Gasteiger partial charge is 0.332 e. The van der Waals surface area contributed by atoms with Gasteiger partial charge in [0, 0.05) is 43.3 Å². The molecule has 2 aromatic carbocycles. The Morgan fingerprint density at radius 2 is 1.58 bits per heavy atom. The Balaban J connectivity index is 1.73. The van der Waals surface area contributed by atoms with Crippen molar-refractivity contribution >= 4 is 28.8 Å². The van der Waals surface area contributed by atoms with E-state index in [4.69, 9.17) is 0 Å². The molecule has 0 saturated carbocycles. The molecule has 2 heterocycles. The van der Waals surface area contributed by atoms with E-state index >= 15 is 0 Å². The normalized spacial score (nSPS) is 18.9. The number of benzene rings is 2. The minimum atomic E-state index is -0.930. The van der Waals surface area contributed by atoms with E-state index in [0.29, 0.717) is 5.56 Å². The number of nitrogens with one attached hydrogen (secondary N) is 1. The molecule has 0 spiro atoms. The summed E-state index contributed by atoms with van der Waals surface area (Å²) < 4.78 is 2.18. The van der Waals surface area contributed by atoms with E-state index in [1.807, 2.05) is 0 Å². The van der Waals surface area contributed by atoms with E-state index in [0.717, 1.165) is 4.57 Å². The molecule has 182 valence electrons. The van der Waals surface area contributed by atoms with Crippen LogP contribution in [0.1, 0.15) is 39.4 Å². The van der Waals surface area contributed by atoms with Gasteiger partial charge in [-0.3, -0.25) is 33.6 Å². The first-order valence-electron chi connectivity index (χ1n) is 11.0. The van der Waals surface area contributed by atoms with Gasteiger partial charge in [0.05, 0.1) is 22.1 Å². The van der Waals surface area contributed by atoms with Crippen LogP contribution in [-0.4, -0.2) is 36.8 Å². The standard InChI is InChI=1S/C25H20N4O7/c1-27-23-18(24(33)28(2)25(27)34)16(12-7-9-13(10-8-12)29(35)36)11-17(26-23)19-20(30)14-5-3-4-6-15(14)21(31)22(19)32/h3-10,16-17,26,30H,11H2,1-2H3. The van der Waals surface area contributed by atoms with E-state index in [2.05, 4.69) is 5.32 Å². The van der Waals surface area contributed by atoms with Crippen LogP contribution in [0.5, 0.6) is 0 Å². The summed E-state index contributed by atoms with van der Waals surface area (Å²) in [6, 6.07) is 10.9. The number of nitrogens with zero attached hydrogens (tertiary/aromatic N) is 3. The third kappa shape index (κ3) is 3.28. The zero-order valence-corrected chi connectivity index (χ0v) is 19.2. The monoisotopic (exact) mass is 488 g/mol. The number of fused-ring (bicyclic) bond motifs is 2. The first-order chi connectivity index (χ1) is 17.1. The van der Waals surface area contributed by atoms with Gasteiger partial charge in [-0.15, -0.1) is 0 Å². The maximum absolute atomic E-state index is 13.2. The lowest BCUT2D eigenvalue weighted by Gasteiger charge is -2.35. The van der Waals surface area contributed by atoms with E-state index < -0.39 is 39.7 Å². The Kier molecular flexibility index (Phi) is 5.20. The van der Waals surface area contributed by atoms with E-state index in [1.54, 1.807) is 12.1 Å². The molecule has 2 aliphatic rings. The van der Waals surface area contributed by atoms with Crippen molar-refractivity contribution < 1.29 is 19.6 Å². The predicted octanol–water partition coefficient (Wildman–Crippen LogP) is 2.04. The van der Waals surface area contributed by atoms with Crippen LogP contribution in [0, 0.1) is 10.1 Å². The van der Waals surface area contributed by atoms with Crippen LogP contribution in [0.4, 0.5) is 11.5 Å². The fourth-order valence-corrected chi connectivity index (χ4v) is 4.97. The van der Waals surface area contributed by atoms with Crippen LogP contribution in [-0.2, 0) is 18.9 Å². The Morgan fingerprint density at radius 3 is 2.22 bits per heavy atom. The maximum Gasteiger partial charge on any atom is 0.332 e. The molecule has 36 heavy (non-hydrogen) atoms. The molecule has 0 fully saturated rings. The van der Waals surface area contributed by atoms with Gasteiger partial charge >= 0.3 is 5.69 Å². The largest absolute Gasteiger partial charge is 0.507 e. The van der Waals surface area contributed by atoms with Crippen molar-refractivity contribution in [2.45, 2.75) is 18.4 Å². The minimum absolute atomic E-state index is 0.0683. The third-order valence-electron chi connectivity index (χ3n) is 6.82. The molecular formula is C25H20N4O7. The Morgan fingerprint density at radius 1 is 0.944 bits per heavy atom. The van der Waals surface area contributed by atoms with Crippen LogP contribution in [0.2, 0.25) is 0 Å². The fourth-order valence-electron chi connectivity index (χ4n) is 4.97. The molecule has 0 amide bonds. The molecule has 1 aliphatic heterocycles. The van der Waals surface area contributed by atoms with Crippen molar-refractivity contribution in [2.75, 3.05) is 5.32 Å². The summed E-state index contributed by atoms with van der Waals surface area (Å²) in [6.07, 6.45) is 0.0683. The molecule has 2 N–H and O–H groups in total. The lowest BCUT2D eigenvalue weighted by molar-refractivity contribution is -0.384. The second-order valence-electron chi connectivity index (χ2n) is 8.77. The lowest BCUT2D eigenvalue weighted by atomic mass is 9.77. The van der Waals surface area contributed by atoms with Gasteiger partial charge < -0.3 is 10.4 Å². The summed E-state index contributed by atoms with van der Waals surface area (Å²) in [4.78, 5) is 62.4. The number of anilines is 1. The molecule has 0 radical (unpaired) electrons. The lowest BCUT2D eigenvalue weighted by Crippen LogP contribution is -2.46. The van der Waals surface area contributed by atoms with Crippen LogP contribution >= 0.6 is 0 Å². The molecule has 3 aromatic rings. The van der Waals surface area contributed by atoms with Gasteiger partial charge in [0.1, 0.15) is 11.6 Å². The summed E-state index contributed by atoms with van der Waals surface area (Å²) in [5, 5.41) is 25.2. The minimum Gasteiger partial charge on any atom is -0.507 e. The average Bonchev–Trinajstić information content (AvgIpc) is 2.89. The van der Waals surface area contributed by atoms with E-state index in [1.165, 1.54) is 55.1 Å². The first-order valence-corrected chi connectivity index (χ1v) is 11.0. The number of aromatic nitrogens is 2. The molecular weight excluding hydrogens is 468 g/mol. The SMILES string of the molecule is Cn1c2c(c(=O)n(C)c1=O)C(c1ccc([N+](=O)[O-])cc1)CC(C1=C(O)c3ccccc3C(=O)C1=O)N2. The quantitative estimate of drug-likeness (QED) is 0.323. The number of non-ortho nitro benzene ring substituents is 1. The van der Waals surface area contributed by atoms with Gasteiger partial charge in [0.2, 0.25) is 11.6 Å². The van der Waals surface area contributed by atoms with Gasteiger partial charge in [0.15, 0.2) is 0 Å². The second-order valence-corrected chi connectivity index (χ2v) is 8.77. The van der Waals surface area contributed by atoms with Crippen molar-refractivity contribution in [1.82, 2.24) is 9.13 Å². The number of carbonyl (C=O) groups excluding carboxylic acids is 2. The summed E-state index contributed by atoms with van der Waals surface area (Å²) >= 11 is 0. The molecule has 1 aliphatic carbocycles. The number of hydrogen-bond donors (Lipinski definition) is 2. The number of Topliss-reactive ketones (excluding diaryl/α,β-unsaturated/α-hetero) is 2. The summed E-state index contributed by atoms with van der Waals surface area (Å²) in [5.41, 5.74) is -0.380. The number of aliphatic hydroxyl groups excluding tert-OH is 1. The van der Waals surface area contributed by atoms with Gasteiger partial charge in [-0.1, -0.05) is 36.4 Å². The Labute approximate surface area is 203 Å². The van der Waals surface area contributed by atoms with Crippen LogP contribution in [0.3, 0.4) is 0 Å². The van der Waals surface area contributed by atoms with Gasteiger partial charge in [-0.25, -0.2) is 4.79 Å². The topological polar surface area (TPSA) is 154 Å². The zero-order chi connectivity index (χ0) is 25.9. The Hall–Kier alpha value is -4.80. The number of nitro benzene ring substituents is 1. The van der Waals surface area contributed by atoms with Crippen LogP contribution in [0.25, 0.3) is 5.76 Å². The highest BCUT2D eigenvalue weighted by atomic mass is 16.6. The number of ketones is 2. The van der Waals surface area contributed by atoms with E-state index in [9.17, 15) is 34.4 Å². The summed E-state index contributed by atoms with van der Waals surface area (Å²) in [5.74, 6) is -2.56. The van der Waals surface area contributed by atoms with Gasteiger partial charge in [-0.2, -0.15) is 0 Å².